The van der Waals surface area contributed by atoms with Crippen LogP contribution in [0.2, 0.25) is 0 Å². The van der Waals surface area contributed by atoms with Gasteiger partial charge in [-0.05, 0) is 55.9 Å². The summed E-state index contributed by atoms with van der Waals surface area (Å²) in [5.41, 5.74) is 5.54. The maximum absolute atomic E-state index is 12.0. The average Bonchev–Trinajstić information content (AvgIpc) is 2.97. The summed E-state index contributed by atoms with van der Waals surface area (Å²) in [6.07, 6.45) is 4.57. The highest BCUT2D eigenvalue weighted by molar-refractivity contribution is 6.07. The van der Waals surface area contributed by atoms with Crippen LogP contribution in [0.3, 0.4) is 0 Å². The molecule has 1 aliphatic carbocycles. The molecule has 0 atom stereocenters. The Balaban J connectivity index is 2.33. The summed E-state index contributed by atoms with van der Waals surface area (Å²) in [7, 11) is 0. The second-order valence-electron chi connectivity index (χ2n) is 5.39. The lowest BCUT2D eigenvalue weighted by Gasteiger charge is -2.06. The van der Waals surface area contributed by atoms with Crippen molar-refractivity contribution in [1.29, 1.82) is 0 Å². The lowest BCUT2D eigenvalue weighted by Crippen LogP contribution is -2.07. The second-order valence-corrected chi connectivity index (χ2v) is 5.39. The van der Waals surface area contributed by atoms with Crippen molar-refractivity contribution >= 4 is 21.9 Å². The highest BCUT2D eigenvalue weighted by atomic mass is 16.4. The Morgan fingerprint density at radius 3 is 2.68 bits per heavy atom. The molecule has 1 aliphatic rings. The smallest absolute Gasteiger partial charge is 0.339 e. The summed E-state index contributed by atoms with van der Waals surface area (Å²) in [6.45, 7) is 4.07. The molecule has 1 aromatic carbocycles. The van der Waals surface area contributed by atoms with Crippen LogP contribution in [-0.4, -0.2) is 0 Å². The minimum atomic E-state index is -0.179. The van der Waals surface area contributed by atoms with Crippen LogP contribution >= 0.6 is 0 Å². The number of hydrogen-bond acceptors (Lipinski definition) is 3. The van der Waals surface area contributed by atoms with Crippen molar-refractivity contribution in [1.82, 2.24) is 0 Å². The van der Waals surface area contributed by atoms with Gasteiger partial charge in [-0.15, -0.1) is 0 Å². The van der Waals surface area contributed by atoms with E-state index in [1.165, 1.54) is 0 Å². The van der Waals surface area contributed by atoms with E-state index in [0.717, 1.165) is 57.9 Å². The van der Waals surface area contributed by atoms with Gasteiger partial charge in [0.25, 0.3) is 0 Å². The summed E-state index contributed by atoms with van der Waals surface area (Å²) in [5, 5.41) is 2.15. The standard InChI is InChI=1S/C16H14O3/c1-8-6-12-14(15-13(8)9(2)7-18-15)10-4-3-5-11(10)16(17)19-12/h6-7H,3-5H2,1-2H3. The third kappa shape index (κ3) is 1.30. The molecule has 0 radical (unpaired) electrons. The maximum atomic E-state index is 12.0. The SMILES string of the molecule is Cc1coc2c1c(C)cc1oc(=O)c3c(c12)CCC3. The van der Waals surface area contributed by atoms with Crippen LogP contribution in [0.25, 0.3) is 21.9 Å². The van der Waals surface area contributed by atoms with Gasteiger partial charge in [-0.3, -0.25) is 0 Å². The Bertz CT molecular complexity index is 881. The van der Waals surface area contributed by atoms with Crippen LogP contribution in [0.1, 0.15) is 28.7 Å². The molecule has 2 heterocycles. The van der Waals surface area contributed by atoms with Crippen molar-refractivity contribution in [3.05, 3.63) is 45.0 Å². The van der Waals surface area contributed by atoms with Gasteiger partial charge in [-0.25, -0.2) is 4.79 Å². The molecular formula is C16H14O3. The third-order valence-electron chi connectivity index (χ3n) is 4.16. The largest absolute Gasteiger partial charge is 0.463 e. The van der Waals surface area contributed by atoms with Gasteiger partial charge in [0, 0.05) is 10.9 Å². The molecule has 0 saturated heterocycles. The Morgan fingerprint density at radius 1 is 1.05 bits per heavy atom. The molecule has 0 aliphatic heterocycles. The Morgan fingerprint density at radius 2 is 1.84 bits per heavy atom. The van der Waals surface area contributed by atoms with Gasteiger partial charge >= 0.3 is 5.63 Å². The maximum Gasteiger partial charge on any atom is 0.339 e. The van der Waals surface area contributed by atoms with E-state index < -0.39 is 0 Å². The van der Waals surface area contributed by atoms with Crippen molar-refractivity contribution in [3.8, 4) is 0 Å². The zero-order chi connectivity index (χ0) is 13.1. The van der Waals surface area contributed by atoms with Crippen molar-refractivity contribution in [2.45, 2.75) is 33.1 Å². The molecule has 0 spiro atoms. The number of benzene rings is 1. The van der Waals surface area contributed by atoms with Gasteiger partial charge < -0.3 is 8.83 Å². The van der Waals surface area contributed by atoms with E-state index in [2.05, 4.69) is 0 Å². The zero-order valence-corrected chi connectivity index (χ0v) is 11.0. The van der Waals surface area contributed by atoms with Gasteiger partial charge in [-0.2, -0.15) is 0 Å². The quantitative estimate of drug-likeness (QED) is 0.575. The van der Waals surface area contributed by atoms with E-state index in [1.54, 1.807) is 6.26 Å². The van der Waals surface area contributed by atoms with Crippen molar-refractivity contribution in [2.24, 2.45) is 0 Å². The zero-order valence-electron chi connectivity index (χ0n) is 11.0. The lowest BCUT2D eigenvalue weighted by atomic mass is 10.0. The molecule has 3 aromatic rings. The van der Waals surface area contributed by atoms with Crippen molar-refractivity contribution in [2.75, 3.05) is 0 Å². The van der Waals surface area contributed by atoms with Crippen LogP contribution in [-0.2, 0) is 12.8 Å². The Hall–Kier alpha value is -2.03. The van der Waals surface area contributed by atoms with Gasteiger partial charge in [0.2, 0.25) is 0 Å². The fraction of sp³-hybridized carbons (Fsp3) is 0.312. The van der Waals surface area contributed by atoms with Crippen molar-refractivity contribution < 1.29 is 8.83 Å². The summed E-state index contributed by atoms with van der Waals surface area (Å²) in [4.78, 5) is 12.0. The molecule has 2 aromatic heterocycles. The monoisotopic (exact) mass is 254 g/mol. The third-order valence-corrected chi connectivity index (χ3v) is 4.16. The average molecular weight is 254 g/mol. The molecule has 0 bridgehead atoms. The normalized spacial score (nSPS) is 14.4. The number of hydrogen-bond donors (Lipinski definition) is 0. The summed E-state index contributed by atoms with van der Waals surface area (Å²) < 4.78 is 11.2. The number of fused-ring (bicyclic) bond motifs is 5. The van der Waals surface area contributed by atoms with E-state index in [9.17, 15) is 4.79 Å². The van der Waals surface area contributed by atoms with Crippen LogP contribution in [0.4, 0.5) is 0 Å². The van der Waals surface area contributed by atoms with Gasteiger partial charge in [0.05, 0.1) is 11.6 Å². The lowest BCUT2D eigenvalue weighted by molar-refractivity contribution is 0.550. The molecule has 0 amide bonds. The molecule has 0 saturated carbocycles. The van der Waals surface area contributed by atoms with E-state index >= 15 is 0 Å². The molecule has 3 heteroatoms. The molecule has 4 rings (SSSR count). The van der Waals surface area contributed by atoms with E-state index in [4.69, 9.17) is 8.83 Å². The van der Waals surface area contributed by atoms with E-state index in [-0.39, 0.29) is 5.63 Å². The molecule has 96 valence electrons. The molecular weight excluding hydrogens is 240 g/mol. The van der Waals surface area contributed by atoms with E-state index in [1.807, 2.05) is 19.9 Å². The first kappa shape index (κ1) is 10.9. The van der Waals surface area contributed by atoms with Crippen LogP contribution < -0.4 is 5.63 Å². The fourth-order valence-corrected chi connectivity index (χ4v) is 3.34. The predicted octanol–water partition coefficient (Wildman–Crippen LogP) is 3.64. The first-order valence-electron chi connectivity index (χ1n) is 6.63. The number of rotatable bonds is 0. The van der Waals surface area contributed by atoms with E-state index in [0.29, 0.717) is 5.58 Å². The van der Waals surface area contributed by atoms with Crippen molar-refractivity contribution in [3.63, 3.8) is 0 Å². The predicted molar refractivity (Wildman–Crippen MR) is 73.8 cm³/mol. The topological polar surface area (TPSA) is 43.4 Å². The molecule has 19 heavy (non-hydrogen) atoms. The van der Waals surface area contributed by atoms with Gasteiger partial charge in [0.15, 0.2) is 0 Å². The summed E-state index contributed by atoms with van der Waals surface area (Å²) >= 11 is 0. The molecule has 0 fully saturated rings. The first-order valence-corrected chi connectivity index (χ1v) is 6.63. The van der Waals surface area contributed by atoms with Crippen LogP contribution in [0, 0.1) is 13.8 Å². The van der Waals surface area contributed by atoms with Gasteiger partial charge in [-0.1, -0.05) is 0 Å². The van der Waals surface area contributed by atoms with Crippen LogP contribution in [0.15, 0.2) is 26.0 Å². The first-order chi connectivity index (χ1) is 9.16. The summed E-state index contributed by atoms with van der Waals surface area (Å²) in [5.74, 6) is 0. The molecule has 0 N–H and O–H groups in total. The Labute approximate surface area is 109 Å². The minimum absolute atomic E-state index is 0.179. The number of furan rings is 1. The molecule has 0 unspecified atom stereocenters. The van der Waals surface area contributed by atoms with Crippen LogP contribution in [0.5, 0.6) is 0 Å². The fourth-order valence-electron chi connectivity index (χ4n) is 3.34. The number of aryl methyl sites for hydroxylation is 3. The van der Waals surface area contributed by atoms with Gasteiger partial charge in [0.1, 0.15) is 11.2 Å². The Kier molecular flexibility index (Phi) is 2.00. The second kappa shape index (κ2) is 3.50. The highest BCUT2D eigenvalue weighted by Gasteiger charge is 2.23. The summed E-state index contributed by atoms with van der Waals surface area (Å²) in [6, 6.07) is 1.96. The molecule has 3 nitrogen and oxygen atoms in total. The highest BCUT2D eigenvalue weighted by Crippen LogP contribution is 2.36. The minimum Gasteiger partial charge on any atom is -0.463 e.